The van der Waals surface area contributed by atoms with Crippen LogP contribution < -0.4 is 0 Å². The van der Waals surface area contributed by atoms with Crippen molar-refractivity contribution >= 4 is 5.97 Å². The molecule has 0 fully saturated rings. The summed E-state index contributed by atoms with van der Waals surface area (Å²) in [6, 6.07) is 11.4. The Morgan fingerprint density at radius 1 is 1.37 bits per heavy atom. The van der Waals surface area contributed by atoms with Crippen LogP contribution in [0.4, 0.5) is 0 Å². The summed E-state index contributed by atoms with van der Waals surface area (Å²) in [7, 11) is 0. The van der Waals surface area contributed by atoms with Gasteiger partial charge in [0.1, 0.15) is 5.60 Å². The Morgan fingerprint density at radius 3 is 2.37 bits per heavy atom. The van der Waals surface area contributed by atoms with Gasteiger partial charge in [-0.25, -0.2) is 0 Å². The third-order valence-electron chi connectivity index (χ3n) is 2.60. The van der Waals surface area contributed by atoms with E-state index < -0.39 is 17.5 Å². The van der Waals surface area contributed by atoms with Gasteiger partial charge in [0.25, 0.3) is 0 Å². The third kappa shape index (κ3) is 4.26. The van der Waals surface area contributed by atoms with E-state index in [1.807, 2.05) is 36.4 Å². The van der Waals surface area contributed by atoms with Crippen molar-refractivity contribution in [2.45, 2.75) is 32.3 Å². The van der Waals surface area contributed by atoms with E-state index in [9.17, 15) is 10.1 Å². The number of nitriles is 1. The molecule has 19 heavy (non-hydrogen) atoms. The van der Waals surface area contributed by atoms with Crippen molar-refractivity contribution in [1.29, 1.82) is 5.26 Å². The Kier molecular flexibility index (Phi) is 4.88. The average Bonchev–Trinajstić information content (AvgIpc) is 2.34. The monoisotopic (exact) mass is 257 g/mol. The standard InChI is InChI=1S/C16H19NO2/c1-5-13(12-9-7-6-8-10-12)14(11-17)15(18)19-16(2,3)4/h5-10,13-14H,1H2,2-4H3. The molecule has 0 bridgehead atoms. The van der Waals surface area contributed by atoms with Crippen LogP contribution in [-0.4, -0.2) is 11.6 Å². The van der Waals surface area contributed by atoms with Gasteiger partial charge >= 0.3 is 5.97 Å². The van der Waals surface area contributed by atoms with E-state index in [2.05, 4.69) is 6.58 Å². The van der Waals surface area contributed by atoms with Crippen LogP contribution in [-0.2, 0) is 9.53 Å². The minimum Gasteiger partial charge on any atom is -0.459 e. The number of allylic oxidation sites excluding steroid dienone is 1. The predicted molar refractivity (Wildman–Crippen MR) is 74.3 cm³/mol. The molecule has 0 radical (unpaired) electrons. The zero-order chi connectivity index (χ0) is 14.5. The molecule has 0 aliphatic carbocycles. The van der Waals surface area contributed by atoms with Gasteiger partial charge in [-0.1, -0.05) is 36.4 Å². The first kappa shape index (κ1) is 15.0. The topological polar surface area (TPSA) is 50.1 Å². The highest BCUT2D eigenvalue weighted by atomic mass is 16.6. The molecule has 0 amide bonds. The molecule has 1 rings (SSSR count). The number of rotatable bonds is 4. The van der Waals surface area contributed by atoms with Gasteiger partial charge in [-0.15, -0.1) is 6.58 Å². The van der Waals surface area contributed by atoms with E-state index in [1.54, 1.807) is 26.8 Å². The quantitative estimate of drug-likeness (QED) is 0.613. The van der Waals surface area contributed by atoms with Crippen LogP contribution in [0.1, 0.15) is 32.3 Å². The van der Waals surface area contributed by atoms with Gasteiger partial charge in [-0.05, 0) is 26.3 Å². The minimum atomic E-state index is -0.876. The molecular formula is C16H19NO2. The first-order chi connectivity index (χ1) is 8.89. The number of hydrogen-bond donors (Lipinski definition) is 0. The summed E-state index contributed by atoms with van der Waals surface area (Å²) in [5.41, 5.74) is 0.282. The fourth-order valence-corrected chi connectivity index (χ4v) is 1.78. The Labute approximate surface area is 114 Å². The molecule has 2 unspecified atom stereocenters. The second-order valence-corrected chi connectivity index (χ2v) is 5.31. The number of benzene rings is 1. The first-order valence-corrected chi connectivity index (χ1v) is 6.19. The second-order valence-electron chi connectivity index (χ2n) is 5.31. The lowest BCUT2D eigenvalue weighted by molar-refractivity contribution is -0.158. The Morgan fingerprint density at radius 2 is 1.95 bits per heavy atom. The van der Waals surface area contributed by atoms with Gasteiger partial charge in [0, 0.05) is 5.92 Å². The van der Waals surface area contributed by atoms with Crippen molar-refractivity contribution in [3.63, 3.8) is 0 Å². The summed E-state index contributed by atoms with van der Waals surface area (Å²) in [4.78, 5) is 12.1. The average molecular weight is 257 g/mol. The van der Waals surface area contributed by atoms with Crippen LogP contribution in [0.2, 0.25) is 0 Å². The fourth-order valence-electron chi connectivity index (χ4n) is 1.78. The van der Waals surface area contributed by atoms with Crippen molar-refractivity contribution in [2.75, 3.05) is 0 Å². The van der Waals surface area contributed by atoms with Gasteiger partial charge in [0.2, 0.25) is 0 Å². The van der Waals surface area contributed by atoms with Crippen LogP contribution in [0.15, 0.2) is 43.0 Å². The molecule has 0 aromatic heterocycles. The number of hydrogen-bond acceptors (Lipinski definition) is 3. The first-order valence-electron chi connectivity index (χ1n) is 6.19. The van der Waals surface area contributed by atoms with E-state index in [1.165, 1.54) is 0 Å². The van der Waals surface area contributed by atoms with Gasteiger partial charge in [-0.3, -0.25) is 4.79 Å². The summed E-state index contributed by atoms with van der Waals surface area (Å²) in [5.74, 6) is -1.75. The number of carbonyl (C=O) groups excluding carboxylic acids is 1. The van der Waals surface area contributed by atoms with Crippen LogP contribution in [0.3, 0.4) is 0 Å². The molecular weight excluding hydrogens is 238 g/mol. The minimum absolute atomic E-state index is 0.360. The summed E-state index contributed by atoms with van der Waals surface area (Å²) >= 11 is 0. The normalized spacial score (nSPS) is 14.0. The van der Waals surface area contributed by atoms with Crippen LogP contribution >= 0.6 is 0 Å². The predicted octanol–water partition coefficient (Wildman–Crippen LogP) is 3.44. The largest absolute Gasteiger partial charge is 0.459 e. The highest BCUT2D eigenvalue weighted by molar-refractivity contribution is 5.77. The number of ether oxygens (including phenoxy) is 1. The van der Waals surface area contributed by atoms with E-state index in [0.717, 1.165) is 5.56 Å². The zero-order valence-electron chi connectivity index (χ0n) is 11.6. The van der Waals surface area contributed by atoms with E-state index in [4.69, 9.17) is 4.74 Å². The van der Waals surface area contributed by atoms with Crippen LogP contribution in [0.25, 0.3) is 0 Å². The van der Waals surface area contributed by atoms with Crippen molar-refractivity contribution in [1.82, 2.24) is 0 Å². The zero-order valence-corrected chi connectivity index (χ0v) is 11.6. The molecule has 0 heterocycles. The number of esters is 1. The molecule has 1 aromatic carbocycles. The molecule has 2 atom stereocenters. The van der Waals surface area contributed by atoms with Crippen molar-refractivity contribution in [3.8, 4) is 6.07 Å². The highest BCUT2D eigenvalue weighted by Gasteiger charge is 2.31. The number of carbonyl (C=O) groups is 1. The van der Waals surface area contributed by atoms with Gasteiger partial charge in [0.05, 0.1) is 6.07 Å². The van der Waals surface area contributed by atoms with Crippen LogP contribution in [0.5, 0.6) is 0 Å². The Hall–Kier alpha value is -2.08. The molecule has 0 spiro atoms. The molecule has 0 saturated heterocycles. The van der Waals surface area contributed by atoms with Gasteiger partial charge in [0.15, 0.2) is 5.92 Å². The fraction of sp³-hybridized carbons (Fsp3) is 0.375. The van der Waals surface area contributed by atoms with Crippen LogP contribution in [0, 0.1) is 17.2 Å². The Balaban J connectivity index is 2.98. The lowest BCUT2D eigenvalue weighted by atomic mass is 9.87. The highest BCUT2D eigenvalue weighted by Crippen LogP contribution is 2.27. The van der Waals surface area contributed by atoms with Crippen molar-refractivity contribution in [3.05, 3.63) is 48.6 Å². The van der Waals surface area contributed by atoms with E-state index >= 15 is 0 Å². The van der Waals surface area contributed by atoms with E-state index in [0.29, 0.717) is 0 Å². The Bertz CT molecular complexity index is 480. The molecule has 1 aromatic rings. The van der Waals surface area contributed by atoms with Crippen molar-refractivity contribution < 1.29 is 9.53 Å². The lowest BCUT2D eigenvalue weighted by Crippen LogP contribution is -2.30. The van der Waals surface area contributed by atoms with Gasteiger partial charge in [-0.2, -0.15) is 5.26 Å². The molecule has 0 aliphatic heterocycles. The van der Waals surface area contributed by atoms with Crippen molar-refractivity contribution in [2.24, 2.45) is 5.92 Å². The SMILES string of the molecule is C=CC(c1ccccc1)C(C#N)C(=O)OC(C)(C)C. The second kappa shape index (κ2) is 6.19. The molecule has 0 saturated carbocycles. The summed E-state index contributed by atoms with van der Waals surface area (Å²) in [6.07, 6.45) is 1.62. The lowest BCUT2D eigenvalue weighted by Gasteiger charge is -2.24. The maximum Gasteiger partial charge on any atom is 0.324 e. The molecule has 0 aliphatic rings. The smallest absolute Gasteiger partial charge is 0.324 e. The van der Waals surface area contributed by atoms with E-state index in [-0.39, 0.29) is 5.92 Å². The summed E-state index contributed by atoms with van der Waals surface area (Å²) in [6.45, 7) is 9.07. The molecule has 3 heteroatoms. The molecule has 3 nitrogen and oxygen atoms in total. The van der Waals surface area contributed by atoms with Gasteiger partial charge < -0.3 is 4.74 Å². The molecule has 0 N–H and O–H groups in total. The third-order valence-corrected chi connectivity index (χ3v) is 2.60. The summed E-state index contributed by atoms with van der Waals surface area (Å²) < 4.78 is 5.29. The summed E-state index contributed by atoms with van der Waals surface area (Å²) in [5, 5.41) is 9.26. The number of nitrogens with zero attached hydrogens (tertiary/aromatic N) is 1. The maximum absolute atomic E-state index is 12.1. The molecule has 100 valence electrons. The maximum atomic E-state index is 12.1.